The third kappa shape index (κ3) is 4.49. The van der Waals surface area contributed by atoms with Gasteiger partial charge >= 0.3 is 0 Å². The van der Waals surface area contributed by atoms with Crippen molar-refractivity contribution in [3.05, 3.63) is 35.6 Å². The van der Waals surface area contributed by atoms with E-state index in [0.29, 0.717) is 79.2 Å². The Labute approximate surface area is 203 Å². The number of aromatic nitrogens is 3. The molecule has 0 radical (unpaired) electrons. The van der Waals surface area contributed by atoms with Crippen molar-refractivity contribution in [3.8, 4) is 17.0 Å². The lowest BCUT2D eigenvalue weighted by Gasteiger charge is -2.37. The molecule has 5 rings (SSSR count). The van der Waals surface area contributed by atoms with Crippen LogP contribution in [0.1, 0.15) is 19.4 Å². The van der Waals surface area contributed by atoms with Gasteiger partial charge in [-0.2, -0.15) is 9.97 Å². The third-order valence-electron chi connectivity index (χ3n) is 6.60. The van der Waals surface area contributed by atoms with Crippen LogP contribution < -0.4 is 14.5 Å². The minimum Gasteiger partial charge on any atom is -0.496 e. The van der Waals surface area contributed by atoms with Crippen molar-refractivity contribution in [2.75, 3.05) is 56.4 Å². The van der Waals surface area contributed by atoms with Crippen LogP contribution in [0.25, 0.3) is 22.3 Å². The molecule has 2 aliphatic heterocycles. The number of nitrogens with zero attached hydrogens (tertiary/aromatic N) is 5. The fraction of sp³-hybridized carbons (Fsp3) is 0.480. The summed E-state index contributed by atoms with van der Waals surface area (Å²) >= 11 is 0. The van der Waals surface area contributed by atoms with Crippen LogP contribution in [0.3, 0.4) is 0 Å². The Balaban J connectivity index is 1.68. The SMILES string of the molecule is COc1ccc(-c2nc3nc(N4CCOC[C@@H]4C)nc(N4CCOC[C@@H]4C)c3cc2F)cc1CO. The van der Waals surface area contributed by atoms with Gasteiger partial charge in [0, 0.05) is 24.2 Å². The summed E-state index contributed by atoms with van der Waals surface area (Å²) in [6.45, 7) is 7.53. The van der Waals surface area contributed by atoms with Gasteiger partial charge in [-0.05, 0) is 38.1 Å². The van der Waals surface area contributed by atoms with E-state index in [4.69, 9.17) is 24.2 Å². The van der Waals surface area contributed by atoms with Gasteiger partial charge in [-0.1, -0.05) is 0 Å². The number of methoxy groups -OCH3 is 1. The van der Waals surface area contributed by atoms with Gasteiger partial charge in [0.15, 0.2) is 5.65 Å². The molecular weight excluding hydrogens is 453 g/mol. The highest BCUT2D eigenvalue weighted by molar-refractivity contribution is 5.90. The molecule has 0 spiro atoms. The predicted molar refractivity (Wildman–Crippen MR) is 130 cm³/mol. The molecule has 0 amide bonds. The number of aliphatic hydroxyl groups is 1. The fourth-order valence-corrected chi connectivity index (χ4v) is 4.67. The van der Waals surface area contributed by atoms with Crippen LogP contribution in [0.5, 0.6) is 5.75 Å². The predicted octanol–water partition coefficient (Wildman–Crippen LogP) is 2.78. The number of morpholine rings is 2. The molecule has 1 N–H and O–H groups in total. The number of benzene rings is 1. The van der Waals surface area contributed by atoms with Crippen LogP contribution in [-0.2, 0) is 16.1 Å². The minimum atomic E-state index is -0.482. The second kappa shape index (κ2) is 9.88. The number of aliphatic hydroxyl groups excluding tert-OH is 1. The first-order chi connectivity index (χ1) is 17.0. The first-order valence-corrected chi connectivity index (χ1v) is 11.9. The largest absolute Gasteiger partial charge is 0.496 e. The first-order valence-electron chi connectivity index (χ1n) is 11.9. The molecule has 2 aromatic heterocycles. The molecule has 2 atom stereocenters. The average Bonchev–Trinajstić information content (AvgIpc) is 2.88. The molecule has 2 aliphatic rings. The van der Waals surface area contributed by atoms with Crippen LogP contribution in [0.4, 0.5) is 16.2 Å². The highest BCUT2D eigenvalue weighted by atomic mass is 19.1. The molecule has 2 saturated heterocycles. The number of rotatable bonds is 5. The van der Waals surface area contributed by atoms with Crippen LogP contribution >= 0.6 is 0 Å². The summed E-state index contributed by atoms with van der Waals surface area (Å²) in [6.07, 6.45) is 0. The summed E-state index contributed by atoms with van der Waals surface area (Å²) in [4.78, 5) is 18.6. The van der Waals surface area contributed by atoms with Crippen molar-refractivity contribution >= 4 is 22.8 Å². The van der Waals surface area contributed by atoms with Gasteiger partial charge in [-0.25, -0.2) is 9.37 Å². The van der Waals surface area contributed by atoms with E-state index in [1.54, 1.807) is 18.2 Å². The molecular formula is C25H30FN5O4. The summed E-state index contributed by atoms with van der Waals surface area (Å²) in [7, 11) is 1.53. The molecule has 0 aliphatic carbocycles. The summed E-state index contributed by atoms with van der Waals surface area (Å²) in [6, 6.07) is 6.76. The Morgan fingerprint density at radius 2 is 1.74 bits per heavy atom. The smallest absolute Gasteiger partial charge is 0.229 e. The van der Waals surface area contributed by atoms with E-state index in [9.17, 15) is 5.11 Å². The lowest BCUT2D eigenvalue weighted by Crippen LogP contribution is -2.46. The number of anilines is 2. The Kier molecular flexibility index (Phi) is 6.68. The van der Waals surface area contributed by atoms with Gasteiger partial charge in [0.25, 0.3) is 0 Å². The van der Waals surface area contributed by atoms with Gasteiger partial charge in [-0.15, -0.1) is 0 Å². The zero-order chi connectivity index (χ0) is 24.5. The first kappa shape index (κ1) is 23.7. The van der Waals surface area contributed by atoms with E-state index in [-0.39, 0.29) is 24.4 Å². The molecule has 35 heavy (non-hydrogen) atoms. The zero-order valence-corrected chi connectivity index (χ0v) is 20.2. The third-order valence-corrected chi connectivity index (χ3v) is 6.60. The van der Waals surface area contributed by atoms with Gasteiger partial charge < -0.3 is 29.1 Å². The van der Waals surface area contributed by atoms with E-state index in [1.807, 2.05) is 0 Å². The van der Waals surface area contributed by atoms with Crippen molar-refractivity contribution in [2.45, 2.75) is 32.5 Å². The maximum atomic E-state index is 15.5. The van der Waals surface area contributed by atoms with Crippen LogP contribution in [0.2, 0.25) is 0 Å². The molecule has 186 valence electrons. The number of fused-ring (bicyclic) bond motifs is 1. The van der Waals surface area contributed by atoms with Crippen molar-refractivity contribution in [1.82, 2.24) is 15.0 Å². The average molecular weight is 484 g/mol. The molecule has 0 saturated carbocycles. The Morgan fingerprint density at radius 1 is 1.03 bits per heavy atom. The number of hydrogen-bond acceptors (Lipinski definition) is 9. The Morgan fingerprint density at radius 3 is 2.40 bits per heavy atom. The lowest BCUT2D eigenvalue weighted by atomic mass is 10.1. The van der Waals surface area contributed by atoms with Crippen molar-refractivity contribution in [2.24, 2.45) is 0 Å². The standard InChI is InChI=1S/C25H30FN5O4/c1-15-13-34-8-6-30(15)24-19-11-20(26)22(17-4-5-21(33-3)18(10-17)12-32)27-23(19)28-25(29-24)31-7-9-35-14-16(31)2/h4-5,10-11,15-16,32H,6-9,12-14H2,1-3H3/t15-,16-/m0/s1. The molecule has 0 bridgehead atoms. The molecule has 1 aromatic carbocycles. The van der Waals surface area contributed by atoms with E-state index in [1.165, 1.54) is 13.2 Å². The van der Waals surface area contributed by atoms with E-state index in [0.717, 1.165) is 0 Å². The van der Waals surface area contributed by atoms with E-state index >= 15 is 4.39 Å². The quantitative estimate of drug-likeness (QED) is 0.588. The Hall–Kier alpha value is -3.08. The fourth-order valence-electron chi connectivity index (χ4n) is 4.67. The van der Waals surface area contributed by atoms with Gasteiger partial charge in [0.05, 0.1) is 57.6 Å². The Bertz CT molecular complexity index is 1230. The summed E-state index contributed by atoms with van der Waals surface area (Å²) in [5, 5.41) is 10.3. The molecule has 2 fully saturated rings. The maximum Gasteiger partial charge on any atom is 0.229 e. The molecule has 9 nitrogen and oxygen atoms in total. The topological polar surface area (TPSA) is 93.1 Å². The van der Waals surface area contributed by atoms with Crippen LogP contribution in [0, 0.1) is 5.82 Å². The van der Waals surface area contributed by atoms with Gasteiger partial charge in [0.2, 0.25) is 5.95 Å². The summed E-state index contributed by atoms with van der Waals surface area (Å²) < 4.78 is 32.0. The number of ether oxygens (including phenoxy) is 3. The highest BCUT2D eigenvalue weighted by Crippen LogP contribution is 2.34. The molecule has 4 heterocycles. The van der Waals surface area contributed by atoms with Crippen molar-refractivity contribution in [3.63, 3.8) is 0 Å². The minimum absolute atomic E-state index is 0.0771. The lowest BCUT2D eigenvalue weighted by molar-refractivity contribution is 0.0973. The second-order valence-electron chi connectivity index (χ2n) is 8.96. The van der Waals surface area contributed by atoms with Crippen molar-refractivity contribution in [1.29, 1.82) is 0 Å². The van der Waals surface area contributed by atoms with Crippen LogP contribution in [-0.4, -0.2) is 78.8 Å². The number of halogens is 1. The highest BCUT2D eigenvalue weighted by Gasteiger charge is 2.28. The zero-order valence-electron chi connectivity index (χ0n) is 20.2. The second-order valence-corrected chi connectivity index (χ2v) is 8.96. The van der Waals surface area contributed by atoms with Crippen molar-refractivity contribution < 1.29 is 23.7 Å². The van der Waals surface area contributed by atoms with E-state index in [2.05, 4.69) is 28.6 Å². The molecule has 10 heteroatoms. The van der Waals surface area contributed by atoms with Gasteiger partial charge in [0.1, 0.15) is 23.1 Å². The normalized spacial score (nSPS) is 20.9. The number of hydrogen-bond donors (Lipinski definition) is 1. The van der Waals surface area contributed by atoms with E-state index < -0.39 is 5.82 Å². The van der Waals surface area contributed by atoms with Gasteiger partial charge in [-0.3, -0.25) is 0 Å². The maximum absolute atomic E-state index is 15.5. The molecule has 0 unspecified atom stereocenters. The molecule has 3 aromatic rings. The van der Waals surface area contributed by atoms with Crippen LogP contribution in [0.15, 0.2) is 24.3 Å². The number of pyridine rings is 1. The monoisotopic (exact) mass is 483 g/mol. The summed E-state index contributed by atoms with van der Waals surface area (Å²) in [5.41, 5.74) is 1.67. The summed E-state index contributed by atoms with van der Waals surface area (Å²) in [5.74, 6) is 1.26.